The molecule has 0 unspecified atom stereocenters. The molecule has 1 fully saturated rings. The van der Waals surface area contributed by atoms with Gasteiger partial charge in [-0.05, 0) is 30.0 Å². The summed E-state index contributed by atoms with van der Waals surface area (Å²) < 4.78 is 33.8. The number of allylic oxidation sites excluding steroid dienone is 2. The molecule has 1 aliphatic rings. The molecule has 120 valence electrons. The number of hydrogen-bond acceptors (Lipinski definition) is 5. The lowest BCUT2D eigenvalue weighted by atomic mass is 10.2. The molecule has 1 aliphatic heterocycles. The number of rotatable bonds is 5. The van der Waals surface area contributed by atoms with Crippen molar-refractivity contribution in [2.45, 2.75) is 16.4 Å². The van der Waals surface area contributed by atoms with E-state index >= 15 is 0 Å². The zero-order valence-electron chi connectivity index (χ0n) is 12.6. The Morgan fingerprint density at radius 1 is 1.14 bits per heavy atom. The van der Waals surface area contributed by atoms with E-state index < -0.39 is 9.84 Å². The average Bonchev–Trinajstić information content (AvgIpc) is 2.52. The van der Waals surface area contributed by atoms with Gasteiger partial charge in [-0.2, -0.15) is 11.8 Å². The molecule has 1 aromatic rings. The second-order valence-electron chi connectivity index (χ2n) is 4.98. The molecule has 0 amide bonds. The third-order valence-electron chi connectivity index (χ3n) is 3.20. The van der Waals surface area contributed by atoms with Crippen molar-refractivity contribution >= 4 is 27.7 Å². The molecule has 0 spiro atoms. The fraction of sp³-hybridized carbons (Fsp3) is 0.375. The molecule has 1 aromatic carbocycles. The van der Waals surface area contributed by atoms with Crippen molar-refractivity contribution in [2.75, 3.05) is 25.7 Å². The SMILES string of the molecule is CSC1COC(C=CC=Cc2ccc(S(C)(=O)=O)cc2)OC1. The maximum Gasteiger partial charge on any atom is 0.177 e. The molecule has 0 aliphatic carbocycles. The maximum absolute atomic E-state index is 11.4. The lowest BCUT2D eigenvalue weighted by molar-refractivity contribution is -0.146. The van der Waals surface area contributed by atoms with E-state index in [2.05, 4.69) is 0 Å². The normalized spacial score (nSPS) is 23.4. The molecule has 0 bridgehead atoms. The molecule has 1 saturated heterocycles. The molecule has 22 heavy (non-hydrogen) atoms. The first kappa shape index (κ1) is 17.3. The van der Waals surface area contributed by atoms with Gasteiger partial charge in [-0.1, -0.05) is 30.4 Å². The highest BCUT2D eigenvalue weighted by molar-refractivity contribution is 7.99. The molecule has 6 heteroatoms. The zero-order valence-corrected chi connectivity index (χ0v) is 14.3. The molecule has 2 rings (SSSR count). The lowest BCUT2D eigenvalue weighted by Crippen LogP contribution is -2.32. The van der Waals surface area contributed by atoms with Crippen LogP contribution >= 0.6 is 11.8 Å². The van der Waals surface area contributed by atoms with Crippen LogP contribution in [0.3, 0.4) is 0 Å². The number of sulfone groups is 1. The predicted molar refractivity (Wildman–Crippen MR) is 90.7 cm³/mol. The van der Waals surface area contributed by atoms with Gasteiger partial charge >= 0.3 is 0 Å². The van der Waals surface area contributed by atoms with Gasteiger partial charge in [-0.3, -0.25) is 0 Å². The topological polar surface area (TPSA) is 52.6 Å². The van der Waals surface area contributed by atoms with Crippen LogP contribution in [-0.4, -0.2) is 45.7 Å². The molecular formula is C16H20O4S2. The molecular weight excluding hydrogens is 320 g/mol. The fourth-order valence-electron chi connectivity index (χ4n) is 1.90. The highest BCUT2D eigenvalue weighted by Crippen LogP contribution is 2.16. The van der Waals surface area contributed by atoms with Gasteiger partial charge in [-0.25, -0.2) is 8.42 Å². The van der Waals surface area contributed by atoms with Gasteiger partial charge in [0.1, 0.15) is 0 Å². The summed E-state index contributed by atoms with van der Waals surface area (Å²) in [6.07, 6.45) is 10.5. The minimum Gasteiger partial charge on any atom is -0.348 e. The fourth-order valence-corrected chi connectivity index (χ4v) is 2.96. The summed E-state index contributed by atoms with van der Waals surface area (Å²) >= 11 is 1.75. The molecule has 0 N–H and O–H groups in total. The second kappa shape index (κ2) is 7.97. The summed E-state index contributed by atoms with van der Waals surface area (Å²) in [7, 11) is -3.14. The highest BCUT2D eigenvalue weighted by atomic mass is 32.2. The average molecular weight is 340 g/mol. The Morgan fingerprint density at radius 2 is 1.77 bits per heavy atom. The van der Waals surface area contributed by atoms with Crippen molar-refractivity contribution in [1.82, 2.24) is 0 Å². The van der Waals surface area contributed by atoms with Gasteiger partial charge in [0.2, 0.25) is 0 Å². The third kappa shape index (κ3) is 5.28. The summed E-state index contributed by atoms with van der Waals surface area (Å²) in [5, 5.41) is 0.411. The van der Waals surface area contributed by atoms with Gasteiger partial charge in [0.25, 0.3) is 0 Å². The molecule has 0 radical (unpaired) electrons. The molecule has 0 saturated carbocycles. The van der Waals surface area contributed by atoms with E-state index in [0.29, 0.717) is 23.4 Å². The van der Waals surface area contributed by atoms with Crippen molar-refractivity contribution in [3.8, 4) is 0 Å². The van der Waals surface area contributed by atoms with E-state index in [1.807, 2.05) is 30.6 Å². The summed E-state index contributed by atoms with van der Waals surface area (Å²) in [6.45, 7) is 1.40. The van der Waals surface area contributed by atoms with E-state index in [1.165, 1.54) is 6.26 Å². The first-order valence-electron chi connectivity index (χ1n) is 6.90. The smallest absolute Gasteiger partial charge is 0.177 e. The number of ether oxygens (including phenoxy) is 2. The van der Waals surface area contributed by atoms with Gasteiger partial charge in [0.05, 0.1) is 23.4 Å². The van der Waals surface area contributed by atoms with E-state index in [4.69, 9.17) is 9.47 Å². The van der Waals surface area contributed by atoms with Gasteiger partial charge in [-0.15, -0.1) is 0 Å². The Bertz CT molecular complexity index is 625. The Hall–Kier alpha value is -1.08. The number of benzene rings is 1. The van der Waals surface area contributed by atoms with Crippen LogP contribution in [0, 0.1) is 0 Å². The molecule has 0 aromatic heterocycles. The third-order valence-corrected chi connectivity index (χ3v) is 5.27. The summed E-state index contributed by atoms with van der Waals surface area (Å²) in [5.41, 5.74) is 0.935. The van der Waals surface area contributed by atoms with Crippen LogP contribution in [0.25, 0.3) is 6.08 Å². The Kier molecular flexibility index (Phi) is 6.26. The van der Waals surface area contributed by atoms with Gasteiger partial charge < -0.3 is 9.47 Å². The monoisotopic (exact) mass is 340 g/mol. The van der Waals surface area contributed by atoms with Crippen LogP contribution < -0.4 is 0 Å². The van der Waals surface area contributed by atoms with Crippen LogP contribution in [0.4, 0.5) is 0 Å². The van der Waals surface area contributed by atoms with Crippen LogP contribution in [-0.2, 0) is 19.3 Å². The Balaban J connectivity index is 1.86. The Morgan fingerprint density at radius 3 is 2.32 bits per heavy atom. The Labute approximate surface area is 136 Å². The highest BCUT2D eigenvalue weighted by Gasteiger charge is 2.18. The van der Waals surface area contributed by atoms with Gasteiger partial charge in [0.15, 0.2) is 16.1 Å². The summed E-state index contributed by atoms with van der Waals surface area (Å²) in [6, 6.07) is 6.76. The summed E-state index contributed by atoms with van der Waals surface area (Å²) in [4.78, 5) is 0.326. The maximum atomic E-state index is 11.4. The minimum atomic E-state index is -3.14. The lowest BCUT2D eigenvalue weighted by Gasteiger charge is -2.26. The van der Waals surface area contributed by atoms with Crippen LogP contribution in [0.15, 0.2) is 47.4 Å². The van der Waals surface area contributed by atoms with Gasteiger partial charge in [0, 0.05) is 6.26 Å². The first-order chi connectivity index (χ1) is 10.5. The standard InChI is InChI=1S/C16H20O4S2/c1-21-14-11-19-16(20-12-14)6-4-3-5-13-7-9-15(10-8-13)22(2,17)18/h3-10,14,16H,11-12H2,1-2H3. The van der Waals surface area contributed by atoms with Crippen molar-refractivity contribution < 1.29 is 17.9 Å². The van der Waals surface area contributed by atoms with E-state index in [9.17, 15) is 8.42 Å². The number of hydrogen-bond donors (Lipinski definition) is 0. The molecule has 0 atom stereocenters. The zero-order chi connectivity index (χ0) is 16.0. The van der Waals surface area contributed by atoms with Crippen LogP contribution in [0.2, 0.25) is 0 Å². The van der Waals surface area contributed by atoms with Crippen molar-refractivity contribution in [1.29, 1.82) is 0 Å². The van der Waals surface area contributed by atoms with E-state index in [1.54, 1.807) is 36.0 Å². The van der Waals surface area contributed by atoms with E-state index in [0.717, 1.165) is 5.56 Å². The summed E-state index contributed by atoms with van der Waals surface area (Å²) in [5.74, 6) is 0. The van der Waals surface area contributed by atoms with Crippen LogP contribution in [0.1, 0.15) is 5.56 Å². The van der Waals surface area contributed by atoms with E-state index in [-0.39, 0.29) is 6.29 Å². The second-order valence-corrected chi connectivity index (χ2v) is 8.13. The largest absolute Gasteiger partial charge is 0.348 e. The first-order valence-corrected chi connectivity index (χ1v) is 10.1. The predicted octanol–water partition coefficient (Wildman–Crippen LogP) is 2.76. The van der Waals surface area contributed by atoms with Crippen molar-refractivity contribution in [3.63, 3.8) is 0 Å². The molecule has 1 heterocycles. The minimum absolute atomic E-state index is 0.291. The van der Waals surface area contributed by atoms with Crippen molar-refractivity contribution in [3.05, 3.63) is 48.1 Å². The quantitative estimate of drug-likeness (QED) is 0.772. The number of thioether (sulfide) groups is 1. The van der Waals surface area contributed by atoms with Crippen LogP contribution in [0.5, 0.6) is 0 Å². The molecule has 4 nitrogen and oxygen atoms in total. The van der Waals surface area contributed by atoms with Crippen molar-refractivity contribution in [2.24, 2.45) is 0 Å².